The zero-order chi connectivity index (χ0) is 18.7. The van der Waals surface area contributed by atoms with Gasteiger partial charge in [0.25, 0.3) is 0 Å². The molecule has 0 saturated carbocycles. The Labute approximate surface area is 152 Å². The van der Waals surface area contributed by atoms with E-state index in [9.17, 15) is 9.90 Å². The molecule has 0 heterocycles. The number of carbonyl (C=O) groups excluding carboxylic acids is 1. The zero-order valence-corrected chi connectivity index (χ0v) is 15.7. The van der Waals surface area contributed by atoms with Crippen LogP contribution in [0.5, 0.6) is 0 Å². The molecule has 0 aliphatic carbocycles. The average molecular weight is 345 g/mol. The monoisotopic (exact) mass is 345 g/mol. The summed E-state index contributed by atoms with van der Waals surface area (Å²) in [6, 6.07) is 7.87. The van der Waals surface area contributed by atoms with Crippen LogP contribution in [0.25, 0.3) is 0 Å². The largest absolute Gasteiger partial charge is 0.396 e. The van der Waals surface area contributed by atoms with E-state index in [0.29, 0.717) is 19.6 Å². The molecule has 1 amide bonds. The third kappa shape index (κ3) is 6.89. The van der Waals surface area contributed by atoms with E-state index in [1.54, 1.807) is 14.0 Å². The number of aliphatic hydroxyl groups excluding tert-OH is 1. The van der Waals surface area contributed by atoms with Crippen LogP contribution >= 0.6 is 0 Å². The van der Waals surface area contributed by atoms with E-state index in [-0.39, 0.29) is 24.3 Å². The van der Waals surface area contributed by atoms with Gasteiger partial charge in [0.05, 0.1) is 6.61 Å². The molecule has 138 valence electrons. The number of ether oxygens (including phenoxy) is 1. The van der Waals surface area contributed by atoms with Crippen molar-refractivity contribution >= 4 is 5.91 Å². The number of methoxy groups -OCH3 is 1. The first-order valence-corrected chi connectivity index (χ1v) is 8.99. The van der Waals surface area contributed by atoms with Gasteiger partial charge in [0.15, 0.2) is 0 Å². The number of hydrogen-bond acceptors (Lipinski definition) is 3. The highest BCUT2D eigenvalue weighted by atomic mass is 16.5. The maximum absolute atomic E-state index is 12.0. The van der Waals surface area contributed by atoms with Crippen molar-refractivity contribution in [2.75, 3.05) is 33.4 Å². The number of hydrogen-bond donors (Lipinski definition) is 1. The Hall–Kier alpha value is -1.83. The molecule has 0 spiro atoms. The molecule has 0 fully saturated rings. The molecule has 4 heteroatoms. The Balaban J connectivity index is 3.02. The minimum absolute atomic E-state index is 0.0833. The Morgan fingerprint density at radius 1 is 1.36 bits per heavy atom. The van der Waals surface area contributed by atoms with Gasteiger partial charge in [-0.2, -0.15) is 0 Å². The highest BCUT2D eigenvalue weighted by Gasteiger charge is 2.26. The molecule has 0 aliphatic rings. The lowest BCUT2D eigenvalue weighted by Gasteiger charge is -2.32. The smallest absolute Gasteiger partial charge is 0.219 e. The first-order chi connectivity index (χ1) is 12.1. The fraction of sp³-hybridized carbons (Fsp3) is 0.571. The quantitative estimate of drug-likeness (QED) is 0.627. The molecule has 0 radical (unpaired) electrons. The minimum Gasteiger partial charge on any atom is -0.396 e. The van der Waals surface area contributed by atoms with E-state index >= 15 is 0 Å². The van der Waals surface area contributed by atoms with E-state index in [1.807, 2.05) is 29.2 Å². The van der Waals surface area contributed by atoms with Gasteiger partial charge in [-0.3, -0.25) is 4.79 Å². The zero-order valence-electron chi connectivity index (χ0n) is 15.7. The standard InChI is InChI=1S/C21H31NO3/c1-5-7-13-22(17(3)24)15-20(16-25-4)21(12-14-23)19-10-8-18(6-2)9-11-19/h2,8-11,20-21,23H,5,7,12-16H2,1,3-4H3/t20?,21-/m1/s1. The fourth-order valence-corrected chi connectivity index (χ4v) is 3.16. The number of benzene rings is 1. The van der Waals surface area contributed by atoms with Crippen LogP contribution in [0.15, 0.2) is 24.3 Å². The van der Waals surface area contributed by atoms with Crippen molar-refractivity contribution in [1.29, 1.82) is 0 Å². The lowest BCUT2D eigenvalue weighted by Crippen LogP contribution is -2.38. The number of carbonyl (C=O) groups is 1. The Bertz CT molecular complexity index is 547. The van der Waals surface area contributed by atoms with E-state index in [4.69, 9.17) is 11.2 Å². The normalized spacial score (nSPS) is 13.1. The Morgan fingerprint density at radius 2 is 2.04 bits per heavy atom. The molecule has 0 aliphatic heterocycles. The van der Waals surface area contributed by atoms with Crippen LogP contribution in [0.4, 0.5) is 0 Å². The van der Waals surface area contributed by atoms with Crippen LogP contribution in [-0.4, -0.2) is 49.3 Å². The van der Waals surface area contributed by atoms with Crippen LogP contribution in [0.3, 0.4) is 0 Å². The summed E-state index contributed by atoms with van der Waals surface area (Å²) in [5.41, 5.74) is 1.96. The van der Waals surface area contributed by atoms with Crippen molar-refractivity contribution in [3.8, 4) is 12.3 Å². The predicted octanol–water partition coefficient (Wildman–Crippen LogP) is 3.05. The molecule has 25 heavy (non-hydrogen) atoms. The van der Waals surface area contributed by atoms with Crippen molar-refractivity contribution in [1.82, 2.24) is 4.90 Å². The molecular formula is C21H31NO3. The molecule has 0 aromatic heterocycles. The van der Waals surface area contributed by atoms with Crippen LogP contribution in [-0.2, 0) is 9.53 Å². The molecule has 1 N–H and O–H groups in total. The summed E-state index contributed by atoms with van der Waals surface area (Å²) in [6.45, 7) is 5.75. The second-order valence-electron chi connectivity index (χ2n) is 6.42. The number of rotatable bonds is 11. The fourth-order valence-electron chi connectivity index (χ4n) is 3.16. The molecule has 0 bridgehead atoms. The van der Waals surface area contributed by atoms with Gasteiger partial charge < -0.3 is 14.7 Å². The number of nitrogens with zero attached hydrogens (tertiary/aromatic N) is 1. The van der Waals surface area contributed by atoms with E-state index in [2.05, 4.69) is 12.8 Å². The Morgan fingerprint density at radius 3 is 2.52 bits per heavy atom. The molecular weight excluding hydrogens is 314 g/mol. The van der Waals surface area contributed by atoms with Crippen LogP contribution in [0.2, 0.25) is 0 Å². The van der Waals surface area contributed by atoms with Gasteiger partial charge in [0, 0.05) is 45.2 Å². The molecule has 2 atom stereocenters. The third-order valence-electron chi connectivity index (χ3n) is 4.58. The summed E-state index contributed by atoms with van der Waals surface area (Å²) in [5.74, 6) is 2.94. The van der Waals surface area contributed by atoms with E-state index in [0.717, 1.165) is 30.5 Å². The third-order valence-corrected chi connectivity index (χ3v) is 4.58. The van der Waals surface area contributed by atoms with Crippen molar-refractivity contribution in [3.05, 3.63) is 35.4 Å². The summed E-state index contributed by atoms with van der Waals surface area (Å²) in [7, 11) is 1.68. The number of aliphatic hydroxyl groups is 1. The van der Waals surface area contributed by atoms with Crippen molar-refractivity contribution in [3.63, 3.8) is 0 Å². The summed E-state index contributed by atoms with van der Waals surface area (Å²) in [5, 5.41) is 9.55. The summed E-state index contributed by atoms with van der Waals surface area (Å²) < 4.78 is 5.43. The van der Waals surface area contributed by atoms with E-state index in [1.165, 1.54) is 0 Å². The number of terminal acetylenes is 1. The van der Waals surface area contributed by atoms with E-state index < -0.39 is 0 Å². The molecule has 4 nitrogen and oxygen atoms in total. The first-order valence-electron chi connectivity index (χ1n) is 8.99. The number of unbranched alkanes of at least 4 members (excludes halogenated alkanes) is 1. The van der Waals surface area contributed by atoms with Crippen LogP contribution in [0.1, 0.15) is 50.2 Å². The van der Waals surface area contributed by atoms with Gasteiger partial charge in [0.1, 0.15) is 0 Å². The van der Waals surface area contributed by atoms with Crippen LogP contribution < -0.4 is 0 Å². The Kier molecular flexibility index (Phi) is 9.91. The van der Waals surface area contributed by atoms with Crippen LogP contribution in [0, 0.1) is 18.3 Å². The molecule has 1 unspecified atom stereocenters. The molecule has 1 aromatic rings. The maximum atomic E-state index is 12.0. The average Bonchev–Trinajstić information content (AvgIpc) is 2.62. The molecule has 1 aromatic carbocycles. The second kappa shape index (κ2) is 11.7. The summed E-state index contributed by atoms with van der Waals surface area (Å²) in [6.07, 6.45) is 8.10. The van der Waals surface area contributed by atoms with Crippen molar-refractivity contribution in [2.45, 2.75) is 39.0 Å². The lowest BCUT2D eigenvalue weighted by molar-refractivity contribution is -0.130. The van der Waals surface area contributed by atoms with Gasteiger partial charge >= 0.3 is 0 Å². The van der Waals surface area contributed by atoms with Gasteiger partial charge in [-0.15, -0.1) is 6.42 Å². The summed E-state index contributed by atoms with van der Waals surface area (Å²) in [4.78, 5) is 13.9. The predicted molar refractivity (Wildman–Crippen MR) is 101 cm³/mol. The van der Waals surface area contributed by atoms with Gasteiger partial charge in [-0.05, 0) is 36.5 Å². The SMILES string of the molecule is C#Cc1ccc([C@@H](CCO)C(COC)CN(CCCC)C(C)=O)cc1. The topological polar surface area (TPSA) is 49.8 Å². The first kappa shape index (κ1) is 21.2. The van der Waals surface area contributed by atoms with Gasteiger partial charge in [-0.1, -0.05) is 31.4 Å². The number of amides is 1. The molecule has 1 rings (SSSR count). The minimum atomic E-state index is 0.0833. The highest BCUT2D eigenvalue weighted by molar-refractivity contribution is 5.73. The van der Waals surface area contributed by atoms with Gasteiger partial charge in [0.2, 0.25) is 5.91 Å². The van der Waals surface area contributed by atoms with Crippen molar-refractivity contribution in [2.24, 2.45) is 5.92 Å². The lowest BCUT2D eigenvalue weighted by atomic mass is 9.83. The highest BCUT2D eigenvalue weighted by Crippen LogP contribution is 2.30. The van der Waals surface area contributed by atoms with Crippen molar-refractivity contribution < 1.29 is 14.6 Å². The maximum Gasteiger partial charge on any atom is 0.219 e. The second-order valence-corrected chi connectivity index (χ2v) is 6.42. The molecule has 0 saturated heterocycles. The summed E-state index contributed by atoms with van der Waals surface area (Å²) >= 11 is 0. The van der Waals surface area contributed by atoms with Gasteiger partial charge in [-0.25, -0.2) is 0 Å².